The first kappa shape index (κ1) is 16.9. The van der Waals surface area contributed by atoms with Crippen LogP contribution >= 0.6 is 0 Å². The summed E-state index contributed by atoms with van der Waals surface area (Å²) in [5, 5.41) is 0. The lowest BCUT2D eigenvalue weighted by Crippen LogP contribution is -2.40. The van der Waals surface area contributed by atoms with Gasteiger partial charge in [0.1, 0.15) is 5.82 Å². The number of carbonyl (C=O) groups excluding carboxylic acids is 2. The quantitative estimate of drug-likeness (QED) is 0.747. The molecular weight excluding hydrogens is 368 g/mol. The number of hydrogen-bond donors (Lipinski definition) is 0. The van der Waals surface area contributed by atoms with Gasteiger partial charge in [0, 0.05) is 50.2 Å². The lowest BCUT2D eigenvalue weighted by molar-refractivity contribution is -0.134. The SMILES string of the molecule is O=C1O[C@]2(CCN(C(=O)C3(c4ccc(N5CCC5)nc4)CC3)C2)c2ccncc21. The highest BCUT2D eigenvalue weighted by Crippen LogP contribution is 2.52. The first-order valence-electron chi connectivity index (χ1n) is 10.3. The van der Waals surface area contributed by atoms with Crippen LogP contribution in [0.5, 0.6) is 0 Å². The molecule has 5 heterocycles. The molecule has 0 N–H and O–H groups in total. The summed E-state index contributed by atoms with van der Waals surface area (Å²) in [6.07, 6.45) is 8.66. The first-order chi connectivity index (χ1) is 14.1. The van der Waals surface area contributed by atoms with Gasteiger partial charge in [0.25, 0.3) is 0 Å². The highest BCUT2D eigenvalue weighted by molar-refractivity contribution is 5.95. The maximum atomic E-state index is 13.5. The van der Waals surface area contributed by atoms with E-state index in [0.717, 1.165) is 42.9 Å². The van der Waals surface area contributed by atoms with Crippen LogP contribution < -0.4 is 4.90 Å². The summed E-state index contributed by atoms with van der Waals surface area (Å²) in [6.45, 7) is 3.12. The van der Waals surface area contributed by atoms with Crippen molar-refractivity contribution < 1.29 is 14.3 Å². The predicted molar refractivity (Wildman–Crippen MR) is 105 cm³/mol. The van der Waals surface area contributed by atoms with Gasteiger partial charge >= 0.3 is 5.97 Å². The van der Waals surface area contributed by atoms with Crippen LogP contribution in [0.4, 0.5) is 5.82 Å². The Hall–Kier alpha value is -2.96. The molecule has 2 aromatic heterocycles. The molecule has 1 amide bonds. The van der Waals surface area contributed by atoms with Crippen LogP contribution in [0, 0.1) is 0 Å². The molecular formula is C22H22N4O3. The third-order valence-electron chi connectivity index (χ3n) is 6.98. The third kappa shape index (κ3) is 2.36. The summed E-state index contributed by atoms with van der Waals surface area (Å²) in [7, 11) is 0. The number of carbonyl (C=O) groups is 2. The van der Waals surface area contributed by atoms with E-state index >= 15 is 0 Å². The molecule has 0 bridgehead atoms. The van der Waals surface area contributed by atoms with Gasteiger partial charge in [-0.05, 0) is 37.0 Å². The third-order valence-corrected chi connectivity index (χ3v) is 6.98. The molecule has 29 heavy (non-hydrogen) atoms. The van der Waals surface area contributed by atoms with Crippen LogP contribution in [0.25, 0.3) is 0 Å². The Kier molecular flexibility index (Phi) is 3.38. The number of esters is 1. The zero-order chi connectivity index (χ0) is 19.6. The van der Waals surface area contributed by atoms with Crippen molar-refractivity contribution in [2.45, 2.75) is 36.7 Å². The maximum Gasteiger partial charge on any atom is 0.341 e. The van der Waals surface area contributed by atoms with Gasteiger partial charge in [0.15, 0.2) is 5.60 Å². The highest BCUT2D eigenvalue weighted by atomic mass is 16.6. The van der Waals surface area contributed by atoms with Crippen molar-refractivity contribution in [3.63, 3.8) is 0 Å². The van der Waals surface area contributed by atoms with Crippen LogP contribution in [0.15, 0.2) is 36.8 Å². The average molecular weight is 390 g/mol. The number of ether oxygens (including phenoxy) is 1. The monoisotopic (exact) mass is 390 g/mol. The van der Waals surface area contributed by atoms with E-state index in [1.54, 1.807) is 12.4 Å². The second kappa shape index (κ2) is 5.78. The van der Waals surface area contributed by atoms with Crippen molar-refractivity contribution in [1.82, 2.24) is 14.9 Å². The van der Waals surface area contributed by atoms with Gasteiger partial charge in [-0.2, -0.15) is 0 Å². The Morgan fingerprint density at radius 1 is 1.07 bits per heavy atom. The normalized spacial score (nSPS) is 26.3. The molecule has 1 spiro atoms. The summed E-state index contributed by atoms with van der Waals surface area (Å²) in [4.78, 5) is 38.5. The molecule has 3 aliphatic heterocycles. The molecule has 2 aromatic rings. The number of fused-ring (bicyclic) bond motifs is 2. The number of pyridine rings is 2. The number of hydrogen-bond acceptors (Lipinski definition) is 6. The van der Waals surface area contributed by atoms with E-state index in [0.29, 0.717) is 25.1 Å². The molecule has 1 aliphatic carbocycles. The van der Waals surface area contributed by atoms with Gasteiger partial charge < -0.3 is 14.5 Å². The Balaban J connectivity index is 1.24. The van der Waals surface area contributed by atoms with Crippen molar-refractivity contribution in [2.24, 2.45) is 0 Å². The molecule has 0 unspecified atom stereocenters. The molecule has 0 radical (unpaired) electrons. The van der Waals surface area contributed by atoms with Crippen LogP contribution in [-0.2, 0) is 20.5 Å². The Morgan fingerprint density at radius 2 is 1.93 bits per heavy atom. The van der Waals surface area contributed by atoms with E-state index in [4.69, 9.17) is 4.74 Å². The molecule has 2 saturated heterocycles. The number of rotatable bonds is 3. The van der Waals surface area contributed by atoms with Crippen molar-refractivity contribution in [2.75, 3.05) is 31.1 Å². The van der Waals surface area contributed by atoms with Gasteiger partial charge in [0.05, 0.1) is 17.5 Å². The minimum atomic E-state index is -0.722. The fourth-order valence-corrected chi connectivity index (χ4v) is 4.96. The van der Waals surface area contributed by atoms with Crippen LogP contribution in [0.1, 0.15) is 47.2 Å². The summed E-state index contributed by atoms with van der Waals surface area (Å²) in [5.41, 5.74) is 1.20. The molecule has 7 heteroatoms. The Morgan fingerprint density at radius 3 is 2.62 bits per heavy atom. The zero-order valence-corrected chi connectivity index (χ0v) is 16.1. The fourth-order valence-electron chi connectivity index (χ4n) is 4.96. The minimum absolute atomic E-state index is 0.131. The number of anilines is 1. The minimum Gasteiger partial charge on any atom is -0.449 e. The molecule has 7 nitrogen and oxygen atoms in total. The molecule has 6 rings (SSSR count). The Bertz CT molecular complexity index is 1010. The largest absolute Gasteiger partial charge is 0.449 e. The zero-order valence-electron chi connectivity index (χ0n) is 16.1. The van der Waals surface area contributed by atoms with Gasteiger partial charge in [-0.25, -0.2) is 9.78 Å². The summed E-state index contributed by atoms with van der Waals surface area (Å²) in [6, 6.07) is 5.95. The van der Waals surface area contributed by atoms with Gasteiger partial charge in [0.2, 0.25) is 5.91 Å². The average Bonchev–Trinajstić information content (AvgIpc) is 3.33. The van der Waals surface area contributed by atoms with Crippen molar-refractivity contribution in [3.05, 3.63) is 53.5 Å². The second-order valence-electron chi connectivity index (χ2n) is 8.61. The number of likely N-dealkylation sites (tertiary alicyclic amines) is 1. The van der Waals surface area contributed by atoms with E-state index in [1.807, 2.05) is 23.2 Å². The van der Waals surface area contributed by atoms with Gasteiger partial charge in [-0.3, -0.25) is 9.78 Å². The Labute approximate surface area is 168 Å². The fraction of sp³-hybridized carbons (Fsp3) is 0.455. The lowest BCUT2D eigenvalue weighted by atomic mass is 9.92. The number of nitrogens with zero attached hydrogens (tertiary/aromatic N) is 4. The lowest BCUT2D eigenvalue weighted by Gasteiger charge is -2.32. The van der Waals surface area contributed by atoms with E-state index in [1.165, 1.54) is 6.42 Å². The van der Waals surface area contributed by atoms with E-state index in [9.17, 15) is 9.59 Å². The second-order valence-corrected chi connectivity index (χ2v) is 8.61. The van der Waals surface area contributed by atoms with E-state index < -0.39 is 11.0 Å². The molecule has 148 valence electrons. The highest BCUT2D eigenvalue weighted by Gasteiger charge is 2.58. The topological polar surface area (TPSA) is 75.6 Å². The summed E-state index contributed by atoms with van der Waals surface area (Å²) >= 11 is 0. The van der Waals surface area contributed by atoms with Crippen molar-refractivity contribution in [1.29, 1.82) is 0 Å². The number of aromatic nitrogens is 2. The van der Waals surface area contributed by atoms with Crippen LogP contribution in [0.3, 0.4) is 0 Å². The molecule has 3 fully saturated rings. The van der Waals surface area contributed by atoms with Crippen molar-refractivity contribution in [3.8, 4) is 0 Å². The molecule has 4 aliphatic rings. The van der Waals surface area contributed by atoms with E-state index in [-0.39, 0.29) is 11.9 Å². The van der Waals surface area contributed by atoms with Crippen LogP contribution in [-0.4, -0.2) is 52.9 Å². The predicted octanol–water partition coefficient (Wildman–Crippen LogP) is 2.02. The molecule has 0 aromatic carbocycles. The standard InChI is InChI=1S/C22H22N4O3/c27-19-16-13-23-8-4-17(16)22(29-19)7-11-26(14-22)20(28)21(5-6-21)15-2-3-18(24-12-15)25-9-1-10-25/h2-4,8,12-13H,1,5-7,9-11,14H2/t22-/m0/s1. The smallest absolute Gasteiger partial charge is 0.341 e. The number of amides is 1. The van der Waals surface area contributed by atoms with Gasteiger partial charge in [-0.1, -0.05) is 6.07 Å². The maximum absolute atomic E-state index is 13.5. The van der Waals surface area contributed by atoms with Crippen LogP contribution in [0.2, 0.25) is 0 Å². The van der Waals surface area contributed by atoms with Crippen molar-refractivity contribution >= 4 is 17.7 Å². The van der Waals surface area contributed by atoms with Gasteiger partial charge in [-0.15, -0.1) is 0 Å². The molecule has 1 saturated carbocycles. The summed E-state index contributed by atoms with van der Waals surface area (Å²) in [5.74, 6) is 0.784. The first-order valence-corrected chi connectivity index (χ1v) is 10.3. The summed E-state index contributed by atoms with van der Waals surface area (Å²) < 4.78 is 5.77. The molecule has 1 atom stereocenters. The van der Waals surface area contributed by atoms with E-state index in [2.05, 4.69) is 20.9 Å².